The Kier molecular flexibility index (Phi) is 4.26. The van der Waals surface area contributed by atoms with Gasteiger partial charge in [-0.3, -0.25) is 4.79 Å². The van der Waals surface area contributed by atoms with Gasteiger partial charge in [0.2, 0.25) is 0 Å². The second-order valence-corrected chi connectivity index (χ2v) is 5.00. The van der Waals surface area contributed by atoms with E-state index in [0.717, 1.165) is 16.6 Å². The van der Waals surface area contributed by atoms with Gasteiger partial charge in [-0.1, -0.05) is 41.1 Å². The molecule has 3 heteroatoms. The number of allylic oxidation sites excluding steroid dienone is 4. The van der Waals surface area contributed by atoms with Crippen LogP contribution in [0.2, 0.25) is 0 Å². The van der Waals surface area contributed by atoms with Gasteiger partial charge in [0.25, 0.3) is 5.91 Å². The Bertz CT molecular complexity index is 538. The van der Waals surface area contributed by atoms with Crippen molar-refractivity contribution in [2.75, 3.05) is 0 Å². The highest BCUT2D eigenvalue weighted by Crippen LogP contribution is 2.14. The van der Waals surface area contributed by atoms with E-state index in [1.807, 2.05) is 42.5 Å². The molecule has 0 fully saturated rings. The molecule has 1 aliphatic carbocycles. The third-order valence-corrected chi connectivity index (χ3v) is 3.38. The molecule has 1 aliphatic rings. The van der Waals surface area contributed by atoms with Crippen LogP contribution in [0.5, 0.6) is 0 Å². The van der Waals surface area contributed by atoms with Crippen LogP contribution in [0, 0.1) is 0 Å². The molecule has 0 unspecified atom stereocenters. The molecule has 0 heterocycles. The number of benzene rings is 1. The molecular weight excluding hydrogens is 290 g/mol. The quantitative estimate of drug-likeness (QED) is 0.810. The highest BCUT2D eigenvalue weighted by molar-refractivity contribution is 9.11. The van der Waals surface area contributed by atoms with Crippen molar-refractivity contribution in [1.82, 2.24) is 0 Å². The molecule has 0 saturated carbocycles. The number of halogens is 1. The highest BCUT2D eigenvalue weighted by atomic mass is 79.9. The van der Waals surface area contributed by atoms with Crippen LogP contribution >= 0.6 is 15.9 Å². The van der Waals surface area contributed by atoms with Gasteiger partial charge in [0.05, 0.1) is 0 Å². The predicted molar refractivity (Wildman–Crippen MR) is 78.4 cm³/mol. The van der Waals surface area contributed by atoms with E-state index in [2.05, 4.69) is 27.8 Å². The summed E-state index contributed by atoms with van der Waals surface area (Å²) < 4.78 is 1.03. The van der Waals surface area contributed by atoms with Crippen LogP contribution in [-0.4, -0.2) is 11.6 Å². The van der Waals surface area contributed by atoms with Crippen LogP contribution in [0.3, 0.4) is 0 Å². The second-order valence-electron chi connectivity index (χ2n) is 4.09. The lowest BCUT2D eigenvalue weighted by atomic mass is 10.1. The number of aryl methyl sites for hydroxylation is 1. The molecule has 0 aliphatic heterocycles. The zero-order valence-corrected chi connectivity index (χ0v) is 11.8. The third-order valence-electron chi connectivity index (χ3n) is 2.80. The van der Waals surface area contributed by atoms with Crippen molar-refractivity contribution in [2.24, 2.45) is 4.99 Å². The zero-order valence-electron chi connectivity index (χ0n) is 10.2. The Labute approximate surface area is 115 Å². The summed E-state index contributed by atoms with van der Waals surface area (Å²) in [5.41, 5.74) is 2.66. The molecular formula is C15H14BrNO. The Morgan fingerprint density at radius 2 is 2.00 bits per heavy atom. The highest BCUT2D eigenvalue weighted by Gasteiger charge is 2.06. The topological polar surface area (TPSA) is 29.4 Å². The van der Waals surface area contributed by atoms with Crippen molar-refractivity contribution in [3.05, 3.63) is 58.1 Å². The van der Waals surface area contributed by atoms with Gasteiger partial charge in [-0.25, -0.2) is 4.99 Å². The Morgan fingerprint density at radius 3 is 2.56 bits per heavy atom. The SMILES string of the molecule is CCc1ccc(C(=O)N=C2C=CC(Br)=CC2)cc1. The molecule has 0 aromatic heterocycles. The Morgan fingerprint density at radius 1 is 1.28 bits per heavy atom. The number of hydrogen-bond acceptors (Lipinski definition) is 1. The predicted octanol–water partition coefficient (Wildman–Crippen LogP) is 4.07. The van der Waals surface area contributed by atoms with Crippen LogP contribution in [-0.2, 0) is 6.42 Å². The first-order valence-electron chi connectivity index (χ1n) is 5.93. The van der Waals surface area contributed by atoms with Gasteiger partial charge >= 0.3 is 0 Å². The number of rotatable bonds is 2. The molecule has 2 nitrogen and oxygen atoms in total. The van der Waals surface area contributed by atoms with Crippen molar-refractivity contribution in [3.8, 4) is 0 Å². The Hall–Kier alpha value is -1.48. The minimum absolute atomic E-state index is 0.177. The standard InChI is InChI=1S/C15H14BrNO/c1-2-11-3-5-12(6-4-11)15(18)17-14-9-7-13(16)8-10-14/h3-9H,2,10H2,1H3. The zero-order chi connectivity index (χ0) is 13.0. The molecule has 0 atom stereocenters. The number of aliphatic imine (C=N–C) groups is 1. The molecule has 1 aromatic rings. The number of carbonyl (C=O) groups is 1. The average molecular weight is 304 g/mol. The van der Waals surface area contributed by atoms with Crippen LogP contribution in [0.25, 0.3) is 0 Å². The Balaban J connectivity index is 2.12. The first-order chi connectivity index (χ1) is 8.69. The molecule has 0 radical (unpaired) electrons. The van der Waals surface area contributed by atoms with E-state index in [4.69, 9.17) is 0 Å². The lowest BCUT2D eigenvalue weighted by molar-refractivity contribution is 0.100. The molecule has 18 heavy (non-hydrogen) atoms. The summed E-state index contributed by atoms with van der Waals surface area (Å²) in [5.74, 6) is -0.177. The van der Waals surface area contributed by atoms with E-state index in [-0.39, 0.29) is 5.91 Å². The summed E-state index contributed by atoms with van der Waals surface area (Å²) in [6.45, 7) is 2.09. The van der Waals surface area contributed by atoms with Gasteiger partial charge in [-0.15, -0.1) is 0 Å². The van der Waals surface area contributed by atoms with Gasteiger partial charge in [-0.2, -0.15) is 0 Å². The van der Waals surface area contributed by atoms with Gasteiger partial charge in [0.15, 0.2) is 0 Å². The number of carbonyl (C=O) groups excluding carboxylic acids is 1. The molecule has 0 saturated heterocycles. The number of hydrogen-bond donors (Lipinski definition) is 0. The van der Waals surface area contributed by atoms with Crippen molar-refractivity contribution >= 4 is 27.5 Å². The maximum Gasteiger partial charge on any atom is 0.277 e. The first kappa shape index (κ1) is 13.0. The summed E-state index contributed by atoms with van der Waals surface area (Å²) in [5, 5.41) is 0. The fraction of sp³-hybridized carbons (Fsp3) is 0.200. The van der Waals surface area contributed by atoms with E-state index >= 15 is 0 Å². The van der Waals surface area contributed by atoms with Crippen molar-refractivity contribution < 1.29 is 4.79 Å². The van der Waals surface area contributed by atoms with Gasteiger partial charge in [-0.05, 0) is 36.3 Å². The molecule has 1 aromatic carbocycles. The smallest absolute Gasteiger partial charge is 0.267 e. The number of nitrogens with zero attached hydrogens (tertiary/aromatic N) is 1. The fourth-order valence-corrected chi connectivity index (χ4v) is 1.97. The molecule has 1 amide bonds. The van der Waals surface area contributed by atoms with E-state index in [0.29, 0.717) is 12.0 Å². The molecule has 0 N–H and O–H groups in total. The second kappa shape index (κ2) is 5.91. The van der Waals surface area contributed by atoms with Crippen molar-refractivity contribution in [2.45, 2.75) is 19.8 Å². The van der Waals surface area contributed by atoms with E-state index in [1.54, 1.807) is 0 Å². The summed E-state index contributed by atoms with van der Waals surface area (Å²) in [6, 6.07) is 7.62. The third kappa shape index (κ3) is 3.26. The largest absolute Gasteiger partial charge is 0.277 e. The van der Waals surface area contributed by atoms with Gasteiger partial charge in [0, 0.05) is 22.2 Å². The van der Waals surface area contributed by atoms with Gasteiger partial charge < -0.3 is 0 Å². The van der Waals surface area contributed by atoms with Crippen LogP contribution in [0.15, 0.2) is 52.0 Å². The van der Waals surface area contributed by atoms with Crippen LogP contribution in [0.1, 0.15) is 29.3 Å². The molecule has 0 spiro atoms. The van der Waals surface area contributed by atoms with Crippen molar-refractivity contribution in [1.29, 1.82) is 0 Å². The fourth-order valence-electron chi connectivity index (χ4n) is 1.67. The van der Waals surface area contributed by atoms with Crippen molar-refractivity contribution in [3.63, 3.8) is 0 Å². The maximum atomic E-state index is 11.9. The maximum absolute atomic E-state index is 11.9. The molecule has 92 valence electrons. The van der Waals surface area contributed by atoms with Crippen LogP contribution < -0.4 is 0 Å². The minimum Gasteiger partial charge on any atom is -0.267 e. The lowest BCUT2D eigenvalue weighted by Gasteiger charge is -2.03. The lowest BCUT2D eigenvalue weighted by Crippen LogP contribution is -2.03. The van der Waals surface area contributed by atoms with E-state index in [9.17, 15) is 4.79 Å². The first-order valence-corrected chi connectivity index (χ1v) is 6.73. The summed E-state index contributed by atoms with van der Waals surface area (Å²) in [4.78, 5) is 16.1. The minimum atomic E-state index is -0.177. The monoisotopic (exact) mass is 303 g/mol. The van der Waals surface area contributed by atoms with E-state index < -0.39 is 0 Å². The molecule has 2 rings (SSSR count). The molecule has 0 bridgehead atoms. The normalized spacial score (nSPS) is 16.8. The summed E-state index contributed by atoms with van der Waals surface area (Å²) >= 11 is 3.38. The van der Waals surface area contributed by atoms with Crippen LogP contribution in [0.4, 0.5) is 0 Å². The average Bonchev–Trinajstić information content (AvgIpc) is 2.41. The summed E-state index contributed by atoms with van der Waals surface area (Å²) in [6.07, 6.45) is 7.42. The summed E-state index contributed by atoms with van der Waals surface area (Å²) in [7, 11) is 0. The van der Waals surface area contributed by atoms with Gasteiger partial charge in [0.1, 0.15) is 0 Å². The van der Waals surface area contributed by atoms with E-state index in [1.165, 1.54) is 5.56 Å². The number of amides is 1.